The van der Waals surface area contributed by atoms with Crippen molar-refractivity contribution >= 4 is 11.6 Å². The van der Waals surface area contributed by atoms with Crippen molar-refractivity contribution in [2.75, 3.05) is 13.0 Å². The maximum absolute atomic E-state index is 5.82. The van der Waals surface area contributed by atoms with Crippen LogP contribution >= 0.6 is 11.6 Å². The van der Waals surface area contributed by atoms with Crippen molar-refractivity contribution in [3.8, 4) is 0 Å². The van der Waals surface area contributed by atoms with E-state index >= 15 is 0 Å². The molecule has 0 spiro atoms. The summed E-state index contributed by atoms with van der Waals surface area (Å²) in [7, 11) is 1.82. The number of rotatable bonds is 3. The molecule has 0 aromatic rings. The highest BCUT2D eigenvalue weighted by molar-refractivity contribution is 6.18. The van der Waals surface area contributed by atoms with Crippen LogP contribution in [0.2, 0.25) is 0 Å². The van der Waals surface area contributed by atoms with Crippen LogP contribution in [0.25, 0.3) is 0 Å². The zero-order valence-electron chi connectivity index (χ0n) is 8.05. The Kier molecular flexibility index (Phi) is 4.38. The molecule has 2 heteroatoms. The molecule has 0 bridgehead atoms. The number of methoxy groups -OCH3 is 1. The second-order valence-corrected chi connectivity index (χ2v) is 4.21. The highest BCUT2D eigenvalue weighted by Gasteiger charge is 2.24. The first-order valence-corrected chi connectivity index (χ1v) is 5.40. The van der Waals surface area contributed by atoms with Crippen molar-refractivity contribution < 1.29 is 4.74 Å². The molecular weight excluding hydrogens is 172 g/mol. The number of alkyl halides is 1. The van der Waals surface area contributed by atoms with Gasteiger partial charge in [-0.05, 0) is 37.5 Å². The third-order valence-corrected chi connectivity index (χ3v) is 3.59. The number of hydrogen-bond donors (Lipinski definition) is 0. The molecule has 0 aromatic heterocycles. The third-order valence-electron chi connectivity index (χ3n) is 3.10. The van der Waals surface area contributed by atoms with E-state index in [1.54, 1.807) is 0 Å². The minimum Gasteiger partial charge on any atom is -0.381 e. The molecule has 0 amide bonds. The largest absolute Gasteiger partial charge is 0.381 e. The van der Waals surface area contributed by atoms with Crippen molar-refractivity contribution in [1.82, 2.24) is 0 Å². The Morgan fingerprint density at radius 3 is 2.33 bits per heavy atom. The average Bonchev–Trinajstić information content (AvgIpc) is 2.17. The Labute approximate surface area is 80.4 Å². The van der Waals surface area contributed by atoms with E-state index in [1.165, 1.54) is 25.7 Å². The number of hydrogen-bond acceptors (Lipinski definition) is 1. The molecular formula is C10H19ClO. The maximum atomic E-state index is 5.82. The molecule has 0 radical (unpaired) electrons. The van der Waals surface area contributed by atoms with Gasteiger partial charge in [0.2, 0.25) is 0 Å². The van der Waals surface area contributed by atoms with Crippen molar-refractivity contribution in [2.45, 2.75) is 38.7 Å². The molecule has 1 fully saturated rings. The standard InChI is InChI=1S/C10H19ClO/c1-8(7-11)9-3-5-10(12-2)6-4-9/h8-10H,3-7H2,1-2H3. The van der Waals surface area contributed by atoms with Gasteiger partial charge in [0.15, 0.2) is 0 Å². The van der Waals surface area contributed by atoms with E-state index in [1.807, 2.05) is 7.11 Å². The molecule has 1 aliphatic carbocycles. The first-order valence-electron chi connectivity index (χ1n) is 4.86. The summed E-state index contributed by atoms with van der Waals surface area (Å²) in [5, 5.41) is 0. The van der Waals surface area contributed by atoms with E-state index in [2.05, 4.69) is 6.92 Å². The minimum absolute atomic E-state index is 0.517. The summed E-state index contributed by atoms with van der Waals surface area (Å²) in [4.78, 5) is 0. The third kappa shape index (κ3) is 2.63. The van der Waals surface area contributed by atoms with Gasteiger partial charge in [-0.2, -0.15) is 0 Å². The zero-order valence-corrected chi connectivity index (χ0v) is 8.81. The van der Waals surface area contributed by atoms with Crippen LogP contribution in [0, 0.1) is 11.8 Å². The fourth-order valence-corrected chi connectivity index (χ4v) is 2.27. The van der Waals surface area contributed by atoms with E-state index in [4.69, 9.17) is 16.3 Å². The molecule has 1 saturated carbocycles. The lowest BCUT2D eigenvalue weighted by atomic mass is 9.80. The summed E-state index contributed by atoms with van der Waals surface area (Å²) in [5.74, 6) is 2.33. The van der Waals surface area contributed by atoms with Crippen LogP contribution in [0.5, 0.6) is 0 Å². The average molecular weight is 191 g/mol. The lowest BCUT2D eigenvalue weighted by molar-refractivity contribution is 0.0497. The molecule has 0 aliphatic heterocycles. The zero-order chi connectivity index (χ0) is 8.97. The van der Waals surface area contributed by atoms with E-state index < -0.39 is 0 Å². The van der Waals surface area contributed by atoms with Gasteiger partial charge in [0.1, 0.15) is 0 Å². The second kappa shape index (κ2) is 5.08. The van der Waals surface area contributed by atoms with Gasteiger partial charge in [0.25, 0.3) is 0 Å². The van der Waals surface area contributed by atoms with Crippen molar-refractivity contribution in [2.24, 2.45) is 11.8 Å². The van der Waals surface area contributed by atoms with Gasteiger partial charge in [0, 0.05) is 13.0 Å². The van der Waals surface area contributed by atoms with Gasteiger partial charge in [0.05, 0.1) is 6.10 Å². The highest BCUT2D eigenvalue weighted by atomic mass is 35.5. The summed E-state index contributed by atoms with van der Waals surface area (Å²) in [6, 6.07) is 0. The SMILES string of the molecule is COC1CCC(C(C)CCl)CC1. The Balaban J connectivity index is 2.25. The van der Waals surface area contributed by atoms with Crippen LogP contribution in [0.1, 0.15) is 32.6 Å². The second-order valence-electron chi connectivity index (χ2n) is 3.90. The lowest BCUT2D eigenvalue weighted by Gasteiger charge is -2.30. The molecule has 1 aliphatic rings. The van der Waals surface area contributed by atoms with E-state index in [0.29, 0.717) is 12.0 Å². The highest BCUT2D eigenvalue weighted by Crippen LogP contribution is 2.31. The van der Waals surface area contributed by atoms with Crippen LogP contribution in [0.4, 0.5) is 0 Å². The van der Waals surface area contributed by atoms with Gasteiger partial charge in [-0.3, -0.25) is 0 Å². The number of halogens is 1. The fraction of sp³-hybridized carbons (Fsp3) is 1.00. The van der Waals surface area contributed by atoms with Crippen LogP contribution in [0.15, 0.2) is 0 Å². The minimum atomic E-state index is 0.517. The normalized spacial score (nSPS) is 33.2. The summed E-state index contributed by atoms with van der Waals surface area (Å²) in [5.41, 5.74) is 0. The maximum Gasteiger partial charge on any atom is 0.0571 e. The van der Waals surface area contributed by atoms with E-state index in [0.717, 1.165) is 11.8 Å². The molecule has 0 aromatic carbocycles. The first kappa shape index (κ1) is 10.3. The summed E-state index contributed by atoms with van der Waals surface area (Å²) < 4.78 is 5.32. The topological polar surface area (TPSA) is 9.23 Å². The van der Waals surface area contributed by atoms with E-state index in [-0.39, 0.29) is 0 Å². The van der Waals surface area contributed by atoms with Gasteiger partial charge < -0.3 is 4.74 Å². The summed E-state index contributed by atoms with van der Waals surface area (Å²) in [6.45, 7) is 2.25. The molecule has 0 N–H and O–H groups in total. The summed E-state index contributed by atoms with van der Waals surface area (Å²) >= 11 is 5.82. The van der Waals surface area contributed by atoms with Gasteiger partial charge in [-0.15, -0.1) is 11.6 Å². The monoisotopic (exact) mass is 190 g/mol. The molecule has 1 nitrogen and oxygen atoms in total. The Morgan fingerprint density at radius 2 is 1.92 bits per heavy atom. The fourth-order valence-electron chi connectivity index (χ4n) is 2.02. The molecule has 1 rings (SSSR count). The number of ether oxygens (including phenoxy) is 1. The van der Waals surface area contributed by atoms with Crippen LogP contribution in [0.3, 0.4) is 0 Å². The van der Waals surface area contributed by atoms with Crippen LogP contribution < -0.4 is 0 Å². The van der Waals surface area contributed by atoms with Crippen molar-refractivity contribution in [1.29, 1.82) is 0 Å². The predicted molar refractivity (Wildman–Crippen MR) is 52.6 cm³/mol. The van der Waals surface area contributed by atoms with Gasteiger partial charge >= 0.3 is 0 Å². The molecule has 0 heterocycles. The Bertz CT molecular complexity index is 119. The lowest BCUT2D eigenvalue weighted by Crippen LogP contribution is -2.24. The molecule has 1 atom stereocenters. The van der Waals surface area contributed by atoms with Crippen LogP contribution in [-0.2, 0) is 4.74 Å². The molecule has 72 valence electrons. The molecule has 1 unspecified atom stereocenters. The van der Waals surface area contributed by atoms with Gasteiger partial charge in [-0.1, -0.05) is 6.92 Å². The molecule has 12 heavy (non-hydrogen) atoms. The van der Waals surface area contributed by atoms with Crippen molar-refractivity contribution in [3.05, 3.63) is 0 Å². The van der Waals surface area contributed by atoms with Gasteiger partial charge in [-0.25, -0.2) is 0 Å². The smallest absolute Gasteiger partial charge is 0.0571 e. The first-order chi connectivity index (χ1) is 5.77. The molecule has 0 saturated heterocycles. The van der Waals surface area contributed by atoms with Crippen LogP contribution in [-0.4, -0.2) is 19.1 Å². The quantitative estimate of drug-likeness (QED) is 0.622. The Morgan fingerprint density at radius 1 is 1.33 bits per heavy atom. The predicted octanol–water partition coefficient (Wildman–Crippen LogP) is 3.07. The van der Waals surface area contributed by atoms with Crippen molar-refractivity contribution in [3.63, 3.8) is 0 Å². The van der Waals surface area contributed by atoms with E-state index in [9.17, 15) is 0 Å². The summed E-state index contributed by atoms with van der Waals surface area (Å²) in [6.07, 6.45) is 5.56. The Hall–Kier alpha value is 0.250.